The largest absolute Gasteiger partial charge is 0.454 e. The Balaban J connectivity index is 1.22. The van der Waals surface area contributed by atoms with Gasteiger partial charge in [-0.3, -0.25) is 4.79 Å². The average molecular weight is 395 g/mol. The van der Waals surface area contributed by atoms with Gasteiger partial charge in [0.25, 0.3) is 0 Å². The van der Waals surface area contributed by atoms with Crippen molar-refractivity contribution < 1.29 is 14.3 Å². The smallest absolute Gasteiger partial charge is 0.231 e. The van der Waals surface area contributed by atoms with E-state index >= 15 is 0 Å². The highest BCUT2D eigenvalue weighted by Crippen LogP contribution is 2.33. The number of carbonyl (C=O) groups is 1. The summed E-state index contributed by atoms with van der Waals surface area (Å²) in [5, 5.41) is 4.23. The number of thiazole rings is 1. The lowest BCUT2D eigenvalue weighted by atomic mass is 10.1. The van der Waals surface area contributed by atoms with Gasteiger partial charge in [0.1, 0.15) is 0 Å². The summed E-state index contributed by atoms with van der Waals surface area (Å²) in [4.78, 5) is 19.6. The molecule has 2 aliphatic rings. The molecule has 3 aromatic rings. The van der Waals surface area contributed by atoms with Crippen LogP contribution >= 0.6 is 11.3 Å². The molecule has 7 heteroatoms. The lowest BCUT2D eigenvalue weighted by Gasteiger charge is -2.33. The van der Waals surface area contributed by atoms with Crippen molar-refractivity contribution in [3.8, 4) is 11.5 Å². The highest BCUT2D eigenvalue weighted by atomic mass is 32.1. The van der Waals surface area contributed by atoms with Crippen molar-refractivity contribution in [2.45, 2.75) is 25.3 Å². The predicted octanol–water partition coefficient (Wildman–Crippen LogP) is 3.35. The lowest BCUT2D eigenvalue weighted by Crippen LogP contribution is -2.48. The van der Waals surface area contributed by atoms with Crippen molar-refractivity contribution in [2.24, 2.45) is 0 Å². The molecule has 1 saturated heterocycles. The quantitative estimate of drug-likeness (QED) is 0.734. The minimum Gasteiger partial charge on any atom is -0.454 e. The van der Waals surface area contributed by atoms with Crippen LogP contribution < -0.4 is 19.7 Å². The zero-order valence-corrected chi connectivity index (χ0v) is 16.2. The minimum atomic E-state index is 0.0371. The van der Waals surface area contributed by atoms with Crippen LogP contribution in [0.2, 0.25) is 0 Å². The molecule has 1 atom stereocenters. The molecule has 0 radical (unpaired) electrons. The summed E-state index contributed by atoms with van der Waals surface area (Å²) in [6.07, 6.45) is 2.38. The summed E-state index contributed by atoms with van der Waals surface area (Å²) in [6.45, 7) is 2.02. The van der Waals surface area contributed by atoms with Crippen molar-refractivity contribution in [3.63, 3.8) is 0 Å². The van der Waals surface area contributed by atoms with Gasteiger partial charge in [-0.05, 0) is 42.7 Å². The first-order valence-electron chi connectivity index (χ1n) is 9.53. The third-order valence-electron chi connectivity index (χ3n) is 5.14. The fourth-order valence-electron chi connectivity index (χ4n) is 3.78. The van der Waals surface area contributed by atoms with Gasteiger partial charge in [-0.25, -0.2) is 4.98 Å². The van der Waals surface area contributed by atoms with E-state index in [-0.39, 0.29) is 18.7 Å². The fourth-order valence-corrected chi connectivity index (χ4v) is 4.78. The number of anilines is 1. The van der Waals surface area contributed by atoms with E-state index in [1.54, 1.807) is 11.3 Å². The maximum atomic E-state index is 12.6. The molecular formula is C21H21N3O3S. The summed E-state index contributed by atoms with van der Waals surface area (Å²) in [5.41, 5.74) is 1.97. The van der Waals surface area contributed by atoms with E-state index in [0.29, 0.717) is 12.2 Å². The fraction of sp³-hybridized carbons (Fsp3) is 0.333. The Labute approximate surface area is 167 Å². The first-order chi connectivity index (χ1) is 13.7. The maximum Gasteiger partial charge on any atom is 0.231 e. The summed E-state index contributed by atoms with van der Waals surface area (Å²) in [5.74, 6) is 1.49. The lowest BCUT2D eigenvalue weighted by molar-refractivity contribution is -0.121. The summed E-state index contributed by atoms with van der Waals surface area (Å²) >= 11 is 1.72. The molecule has 0 unspecified atom stereocenters. The van der Waals surface area contributed by atoms with Crippen molar-refractivity contribution in [1.29, 1.82) is 0 Å². The Morgan fingerprint density at radius 3 is 3.04 bits per heavy atom. The van der Waals surface area contributed by atoms with Crippen LogP contribution in [0.1, 0.15) is 18.4 Å². The summed E-state index contributed by atoms with van der Waals surface area (Å²) in [6, 6.07) is 14.0. The number of amides is 1. The van der Waals surface area contributed by atoms with Crippen LogP contribution in [0.3, 0.4) is 0 Å². The van der Waals surface area contributed by atoms with Crippen LogP contribution in [0.15, 0.2) is 42.5 Å². The van der Waals surface area contributed by atoms with Crippen LogP contribution in [0.5, 0.6) is 11.5 Å². The molecule has 1 N–H and O–H groups in total. The number of aromatic nitrogens is 1. The molecular weight excluding hydrogens is 374 g/mol. The number of hydrogen-bond donors (Lipinski definition) is 1. The Hall–Kier alpha value is -2.80. The highest BCUT2D eigenvalue weighted by Gasteiger charge is 2.24. The standard InChI is InChI=1S/C21H21N3O3S/c25-20(11-14-7-8-17-18(10-14)27-13-26-17)22-15-4-3-9-24(12-15)21-23-16-5-1-2-6-19(16)28-21/h1-2,5-8,10,15H,3-4,9,11-13H2,(H,22,25)/t15-/m1/s1. The Morgan fingerprint density at radius 1 is 1.21 bits per heavy atom. The van der Waals surface area contributed by atoms with Crippen molar-refractivity contribution in [1.82, 2.24) is 10.3 Å². The molecule has 0 aliphatic carbocycles. The van der Waals surface area contributed by atoms with Crippen LogP contribution in [-0.4, -0.2) is 36.8 Å². The predicted molar refractivity (Wildman–Crippen MR) is 109 cm³/mol. The van der Waals surface area contributed by atoms with E-state index in [0.717, 1.165) is 47.9 Å². The molecule has 2 aliphatic heterocycles. The van der Waals surface area contributed by atoms with Crippen LogP contribution in [0, 0.1) is 0 Å². The van der Waals surface area contributed by atoms with Crippen LogP contribution in [0.25, 0.3) is 10.2 Å². The number of fused-ring (bicyclic) bond motifs is 2. The molecule has 3 heterocycles. The summed E-state index contributed by atoms with van der Waals surface area (Å²) in [7, 11) is 0. The number of nitrogens with one attached hydrogen (secondary N) is 1. The van der Waals surface area contributed by atoms with E-state index in [9.17, 15) is 4.79 Å². The first kappa shape index (κ1) is 17.3. The molecule has 1 amide bonds. The number of piperidine rings is 1. The Kier molecular flexibility index (Phi) is 4.52. The van der Waals surface area contributed by atoms with Crippen molar-refractivity contribution in [3.05, 3.63) is 48.0 Å². The number of ether oxygens (including phenoxy) is 2. The van der Waals surface area contributed by atoms with Gasteiger partial charge >= 0.3 is 0 Å². The molecule has 1 aromatic heterocycles. The summed E-state index contributed by atoms with van der Waals surface area (Å²) < 4.78 is 11.9. The molecule has 6 nitrogen and oxygen atoms in total. The van der Waals surface area contributed by atoms with Gasteiger partial charge in [0.2, 0.25) is 12.7 Å². The van der Waals surface area contributed by atoms with Crippen LogP contribution in [0.4, 0.5) is 5.13 Å². The molecule has 0 spiro atoms. The van der Waals surface area contributed by atoms with Gasteiger partial charge in [0, 0.05) is 19.1 Å². The van der Waals surface area contributed by atoms with Crippen molar-refractivity contribution >= 4 is 32.6 Å². The van der Waals surface area contributed by atoms with E-state index < -0.39 is 0 Å². The number of nitrogens with zero attached hydrogens (tertiary/aromatic N) is 2. The number of hydrogen-bond acceptors (Lipinski definition) is 6. The van der Waals surface area contributed by atoms with E-state index in [4.69, 9.17) is 14.5 Å². The Bertz CT molecular complexity index is 986. The number of para-hydroxylation sites is 1. The molecule has 2 aromatic carbocycles. The zero-order valence-electron chi connectivity index (χ0n) is 15.4. The number of benzene rings is 2. The van der Waals surface area contributed by atoms with E-state index in [2.05, 4.69) is 16.3 Å². The SMILES string of the molecule is O=C(Cc1ccc2c(c1)OCO2)N[C@@H]1CCCN(c2nc3ccccc3s2)C1. The van der Waals surface area contributed by atoms with Gasteiger partial charge in [-0.1, -0.05) is 29.5 Å². The van der Waals surface area contributed by atoms with Gasteiger partial charge in [-0.2, -0.15) is 0 Å². The zero-order chi connectivity index (χ0) is 18.9. The third kappa shape index (κ3) is 3.49. The molecule has 144 valence electrons. The normalized spacial score (nSPS) is 18.4. The number of carbonyl (C=O) groups excluding carboxylic acids is 1. The van der Waals surface area contributed by atoms with Gasteiger partial charge in [0.15, 0.2) is 16.6 Å². The molecule has 28 heavy (non-hydrogen) atoms. The van der Waals surface area contributed by atoms with Crippen LogP contribution in [-0.2, 0) is 11.2 Å². The Morgan fingerprint density at radius 2 is 2.11 bits per heavy atom. The number of rotatable bonds is 4. The average Bonchev–Trinajstić information content (AvgIpc) is 3.34. The molecule has 0 saturated carbocycles. The second-order valence-electron chi connectivity index (χ2n) is 7.18. The first-order valence-corrected chi connectivity index (χ1v) is 10.3. The maximum absolute atomic E-state index is 12.6. The van der Waals surface area contributed by atoms with E-state index in [1.807, 2.05) is 36.4 Å². The third-order valence-corrected chi connectivity index (χ3v) is 6.24. The monoisotopic (exact) mass is 395 g/mol. The highest BCUT2D eigenvalue weighted by molar-refractivity contribution is 7.22. The second-order valence-corrected chi connectivity index (χ2v) is 8.19. The molecule has 5 rings (SSSR count). The topological polar surface area (TPSA) is 63.7 Å². The van der Waals surface area contributed by atoms with Gasteiger partial charge in [0.05, 0.1) is 16.6 Å². The minimum absolute atomic E-state index is 0.0371. The van der Waals surface area contributed by atoms with Gasteiger partial charge < -0.3 is 19.7 Å². The second kappa shape index (κ2) is 7.31. The molecule has 1 fully saturated rings. The van der Waals surface area contributed by atoms with E-state index in [1.165, 1.54) is 4.70 Å². The van der Waals surface area contributed by atoms with Crippen molar-refractivity contribution in [2.75, 3.05) is 24.8 Å². The van der Waals surface area contributed by atoms with Gasteiger partial charge in [-0.15, -0.1) is 0 Å². The molecule has 0 bridgehead atoms.